The van der Waals surface area contributed by atoms with Crippen molar-refractivity contribution in [2.45, 2.75) is 18.9 Å². The van der Waals surface area contributed by atoms with Crippen molar-refractivity contribution < 1.29 is 8.78 Å². The molecule has 5 heteroatoms. The van der Waals surface area contributed by atoms with E-state index in [1.807, 2.05) is 0 Å². The predicted octanol–water partition coefficient (Wildman–Crippen LogP) is 3.68. The van der Waals surface area contributed by atoms with E-state index in [4.69, 9.17) is 28.9 Å². The molecule has 1 aromatic carbocycles. The Balaban J connectivity index is 2.52. The molecule has 15 heavy (non-hydrogen) atoms. The summed E-state index contributed by atoms with van der Waals surface area (Å²) in [7, 11) is 0. The zero-order valence-electron chi connectivity index (χ0n) is 7.74. The molecule has 1 atom stereocenters. The van der Waals surface area contributed by atoms with Gasteiger partial charge < -0.3 is 5.73 Å². The van der Waals surface area contributed by atoms with Gasteiger partial charge in [-0.1, -0.05) is 23.2 Å². The Labute approximate surface area is 96.2 Å². The molecule has 0 heterocycles. The number of halogens is 4. The van der Waals surface area contributed by atoms with Crippen LogP contribution in [0.4, 0.5) is 8.78 Å². The lowest BCUT2D eigenvalue weighted by molar-refractivity contribution is 0.540. The van der Waals surface area contributed by atoms with Crippen LogP contribution >= 0.6 is 23.2 Å². The second-order valence-electron chi connectivity index (χ2n) is 3.75. The molecule has 1 fully saturated rings. The highest BCUT2D eigenvalue weighted by molar-refractivity contribution is 6.33. The summed E-state index contributed by atoms with van der Waals surface area (Å²) in [5.41, 5.74) is 5.79. The van der Waals surface area contributed by atoms with Crippen molar-refractivity contribution >= 4 is 23.2 Å². The van der Waals surface area contributed by atoms with Gasteiger partial charge in [0.2, 0.25) is 0 Å². The van der Waals surface area contributed by atoms with Crippen molar-refractivity contribution in [1.29, 1.82) is 0 Å². The number of rotatable bonds is 2. The highest BCUT2D eigenvalue weighted by atomic mass is 35.5. The van der Waals surface area contributed by atoms with Gasteiger partial charge in [0, 0.05) is 11.6 Å². The third-order valence-electron chi connectivity index (χ3n) is 2.61. The van der Waals surface area contributed by atoms with Gasteiger partial charge >= 0.3 is 0 Å². The van der Waals surface area contributed by atoms with E-state index in [0.29, 0.717) is 0 Å². The summed E-state index contributed by atoms with van der Waals surface area (Å²) in [4.78, 5) is 0. The molecule has 2 N–H and O–H groups in total. The van der Waals surface area contributed by atoms with E-state index in [9.17, 15) is 8.78 Å². The van der Waals surface area contributed by atoms with Crippen LogP contribution in [-0.4, -0.2) is 0 Å². The van der Waals surface area contributed by atoms with Gasteiger partial charge in [-0.2, -0.15) is 0 Å². The second-order valence-corrected chi connectivity index (χ2v) is 4.53. The SMILES string of the molecule is NC(c1c(F)c(Cl)cc(F)c1Cl)C1CC1. The highest BCUT2D eigenvalue weighted by Gasteiger charge is 2.34. The monoisotopic (exact) mass is 251 g/mol. The van der Waals surface area contributed by atoms with Crippen molar-refractivity contribution in [3.05, 3.63) is 33.3 Å². The van der Waals surface area contributed by atoms with Crippen molar-refractivity contribution in [3.63, 3.8) is 0 Å². The lowest BCUT2D eigenvalue weighted by Crippen LogP contribution is -2.15. The molecule has 0 aliphatic heterocycles. The smallest absolute Gasteiger partial charge is 0.148 e. The van der Waals surface area contributed by atoms with Gasteiger partial charge in [0.15, 0.2) is 0 Å². The summed E-state index contributed by atoms with van der Waals surface area (Å²) in [6, 6.07) is 0.299. The van der Waals surface area contributed by atoms with Crippen molar-refractivity contribution in [1.82, 2.24) is 0 Å². The van der Waals surface area contributed by atoms with Gasteiger partial charge in [0.1, 0.15) is 11.6 Å². The van der Waals surface area contributed by atoms with Crippen molar-refractivity contribution in [2.75, 3.05) is 0 Å². The Hall–Kier alpha value is -0.380. The summed E-state index contributed by atoms with van der Waals surface area (Å²) < 4.78 is 26.8. The fourth-order valence-electron chi connectivity index (χ4n) is 1.58. The maximum Gasteiger partial charge on any atom is 0.148 e. The molecule has 82 valence electrons. The van der Waals surface area contributed by atoms with E-state index in [1.165, 1.54) is 0 Å². The standard InChI is InChI=1S/C10H9Cl2F2N/c11-5-3-6(13)8(12)7(9(5)14)10(15)4-1-2-4/h3-4,10H,1-2,15H2. The largest absolute Gasteiger partial charge is 0.324 e. The Morgan fingerprint density at radius 2 is 1.93 bits per heavy atom. The Morgan fingerprint density at radius 3 is 2.47 bits per heavy atom. The summed E-state index contributed by atoms with van der Waals surface area (Å²) in [6.07, 6.45) is 1.84. The first-order chi connectivity index (χ1) is 7.02. The molecule has 0 aromatic heterocycles. The quantitative estimate of drug-likeness (QED) is 0.798. The summed E-state index contributed by atoms with van der Waals surface area (Å²) in [5, 5.41) is -0.528. The fourth-order valence-corrected chi connectivity index (χ4v) is 2.04. The molecule has 1 aliphatic rings. The third-order valence-corrected chi connectivity index (χ3v) is 3.27. The van der Waals surface area contributed by atoms with Gasteiger partial charge in [0.25, 0.3) is 0 Å². The summed E-state index contributed by atoms with van der Waals surface area (Å²) in [6.45, 7) is 0. The molecule has 0 amide bonds. The van der Waals surface area contributed by atoms with E-state index in [0.717, 1.165) is 18.9 Å². The van der Waals surface area contributed by atoms with Crippen LogP contribution in [0.25, 0.3) is 0 Å². The lowest BCUT2D eigenvalue weighted by atomic mass is 10.0. The fraction of sp³-hybridized carbons (Fsp3) is 0.400. The zero-order valence-corrected chi connectivity index (χ0v) is 9.25. The first-order valence-electron chi connectivity index (χ1n) is 4.61. The number of hydrogen-bond acceptors (Lipinski definition) is 1. The molecule has 0 saturated heterocycles. The number of hydrogen-bond donors (Lipinski definition) is 1. The molecule has 0 spiro atoms. The van der Waals surface area contributed by atoms with Gasteiger partial charge in [0.05, 0.1) is 10.0 Å². The molecule has 0 bridgehead atoms. The van der Waals surface area contributed by atoms with Crippen LogP contribution in [-0.2, 0) is 0 Å². The molecule has 1 unspecified atom stereocenters. The first kappa shape index (κ1) is 11.1. The zero-order chi connectivity index (χ0) is 11.2. The third kappa shape index (κ3) is 1.96. The van der Waals surface area contributed by atoms with Gasteiger partial charge in [-0.15, -0.1) is 0 Å². The molecule has 2 rings (SSSR count). The average molecular weight is 252 g/mol. The maximum absolute atomic E-state index is 13.6. The minimum Gasteiger partial charge on any atom is -0.324 e. The van der Waals surface area contributed by atoms with Crippen LogP contribution in [0, 0.1) is 17.6 Å². The highest BCUT2D eigenvalue weighted by Crippen LogP contribution is 2.43. The van der Waals surface area contributed by atoms with Crippen LogP contribution in [0.1, 0.15) is 24.4 Å². The van der Waals surface area contributed by atoms with E-state index in [-0.39, 0.29) is 21.5 Å². The lowest BCUT2D eigenvalue weighted by Gasteiger charge is -2.15. The van der Waals surface area contributed by atoms with Crippen LogP contribution in [0.2, 0.25) is 10.0 Å². The van der Waals surface area contributed by atoms with Crippen molar-refractivity contribution in [2.24, 2.45) is 11.7 Å². The Morgan fingerprint density at radius 1 is 1.33 bits per heavy atom. The molecule has 1 nitrogen and oxygen atoms in total. The minimum atomic E-state index is -0.728. The average Bonchev–Trinajstić information content (AvgIpc) is 2.98. The molecule has 1 aliphatic carbocycles. The maximum atomic E-state index is 13.6. The second kappa shape index (κ2) is 3.89. The van der Waals surface area contributed by atoms with Gasteiger partial charge in [-0.3, -0.25) is 0 Å². The predicted molar refractivity (Wildman–Crippen MR) is 56.0 cm³/mol. The first-order valence-corrected chi connectivity index (χ1v) is 5.36. The van der Waals surface area contributed by atoms with Crippen LogP contribution in [0.15, 0.2) is 6.07 Å². The van der Waals surface area contributed by atoms with Crippen LogP contribution in [0.3, 0.4) is 0 Å². The van der Waals surface area contributed by atoms with E-state index >= 15 is 0 Å². The molecule has 1 aromatic rings. The van der Waals surface area contributed by atoms with Gasteiger partial charge in [-0.25, -0.2) is 8.78 Å². The number of nitrogens with two attached hydrogens (primary N) is 1. The van der Waals surface area contributed by atoms with Crippen molar-refractivity contribution in [3.8, 4) is 0 Å². The topological polar surface area (TPSA) is 26.0 Å². The molecular formula is C10H9Cl2F2N. The van der Waals surface area contributed by atoms with Gasteiger partial charge in [-0.05, 0) is 24.8 Å². The molecule has 1 saturated carbocycles. The molecular weight excluding hydrogens is 243 g/mol. The van der Waals surface area contributed by atoms with E-state index < -0.39 is 17.7 Å². The summed E-state index contributed by atoms with van der Waals surface area (Å²) >= 11 is 11.2. The normalized spacial score (nSPS) is 17.9. The summed E-state index contributed by atoms with van der Waals surface area (Å²) in [5.74, 6) is -1.24. The Kier molecular flexibility index (Phi) is 2.88. The number of benzene rings is 1. The van der Waals surface area contributed by atoms with E-state index in [1.54, 1.807) is 0 Å². The van der Waals surface area contributed by atoms with Crippen LogP contribution in [0.5, 0.6) is 0 Å². The Bertz CT molecular complexity index is 379. The minimum absolute atomic E-state index is 0.00386. The molecule has 0 radical (unpaired) electrons. The van der Waals surface area contributed by atoms with E-state index in [2.05, 4.69) is 0 Å². The van der Waals surface area contributed by atoms with Crippen LogP contribution < -0.4 is 5.73 Å².